The lowest BCUT2D eigenvalue weighted by atomic mass is 10.1. The Morgan fingerprint density at radius 1 is 1.46 bits per heavy atom. The third-order valence-corrected chi connectivity index (χ3v) is 4.47. The molecule has 24 heavy (non-hydrogen) atoms. The lowest BCUT2D eigenvalue weighted by Crippen LogP contribution is -2.27. The number of amidine groups is 1. The molecule has 2 heterocycles. The fraction of sp³-hybridized carbons (Fsp3) is 0.562. The van der Waals surface area contributed by atoms with Gasteiger partial charge in [-0.15, -0.1) is 0 Å². The first kappa shape index (κ1) is 18.5. The summed E-state index contributed by atoms with van der Waals surface area (Å²) in [5.74, 6) is 0.372. The first-order chi connectivity index (χ1) is 11.5. The van der Waals surface area contributed by atoms with Crippen molar-refractivity contribution in [2.75, 3.05) is 26.1 Å². The molecule has 0 fully saturated rings. The summed E-state index contributed by atoms with van der Waals surface area (Å²) in [7, 11) is 1.66. The van der Waals surface area contributed by atoms with Gasteiger partial charge in [-0.1, -0.05) is 11.8 Å². The molecule has 0 amide bonds. The molecule has 0 spiro atoms. The van der Waals surface area contributed by atoms with Crippen molar-refractivity contribution in [3.63, 3.8) is 0 Å². The Morgan fingerprint density at radius 2 is 2.21 bits per heavy atom. The molecule has 1 atom stereocenters. The van der Waals surface area contributed by atoms with E-state index in [4.69, 9.17) is 9.47 Å². The number of esters is 1. The number of carbonyl (C=O) groups excluding carboxylic acids is 1. The highest BCUT2D eigenvalue weighted by Gasteiger charge is 2.23. The van der Waals surface area contributed by atoms with Crippen LogP contribution in [0.2, 0.25) is 0 Å². The van der Waals surface area contributed by atoms with E-state index in [2.05, 4.69) is 20.5 Å². The van der Waals surface area contributed by atoms with E-state index in [1.807, 2.05) is 20.8 Å². The van der Waals surface area contributed by atoms with Crippen LogP contribution in [0.25, 0.3) is 0 Å². The highest BCUT2D eigenvalue weighted by molar-refractivity contribution is 8.14. The molecule has 0 saturated carbocycles. The monoisotopic (exact) mass is 352 g/mol. The lowest BCUT2D eigenvalue weighted by molar-refractivity contribution is 0.0525. The zero-order chi connectivity index (χ0) is 17.7. The van der Waals surface area contributed by atoms with Crippen molar-refractivity contribution in [2.45, 2.75) is 33.7 Å². The molecule has 1 aliphatic heterocycles. The molecule has 0 aliphatic carbocycles. The van der Waals surface area contributed by atoms with E-state index in [1.54, 1.807) is 25.8 Å². The number of aromatic nitrogens is 1. The van der Waals surface area contributed by atoms with E-state index in [1.165, 1.54) is 0 Å². The minimum Gasteiger partial charge on any atom is -0.462 e. The van der Waals surface area contributed by atoms with Crippen LogP contribution in [0.5, 0.6) is 0 Å². The molecule has 8 heteroatoms. The fourth-order valence-corrected chi connectivity index (χ4v) is 3.38. The van der Waals surface area contributed by atoms with Crippen LogP contribution in [0.3, 0.4) is 0 Å². The second-order valence-electron chi connectivity index (χ2n) is 5.54. The van der Waals surface area contributed by atoms with Crippen molar-refractivity contribution in [3.05, 3.63) is 22.5 Å². The van der Waals surface area contributed by atoms with Crippen molar-refractivity contribution in [1.29, 1.82) is 0 Å². The molecule has 2 N–H and O–H groups in total. The average Bonchev–Trinajstić information content (AvgIpc) is 2.83. The number of aromatic amines is 1. The number of H-pyrrole nitrogens is 1. The van der Waals surface area contributed by atoms with E-state index >= 15 is 0 Å². The van der Waals surface area contributed by atoms with Gasteiger partial charge in [-0.3, -0.25) is 10.4 Å². The summed E-state index contributed by atoms with van der Waals surface area (Å²) >= 11 is 1.58. The third kappa shape index (κ3) is 4.18. The van der Waals surface area contributed by atoms with Gasteiger partial charge in [0.2, 0.25) is 0 Å². The van der Waals surface area contributed by atoms with Crippen molar-refractivity contribution < 1.29 is 14.3 Å². The molecule has 0 aromatic carbocycles. The Kier molecular flexibility index (Phi) is 6.44. The summed E-state index contributed by atoms with van der Waals surface area (Å²) in [5.41, 5.74) is 6.94. The summed E-state index contributed by atoms with van der Waals surface area (Å²) in [6.45, 7) is 8.49. The number of methoxy groups -OCH3 is 1. The SMILES string of the molecule is CCOC(=O)c1c(C)[nH]c(C2=NNC(=NC(C)COC)SC2)c1C. The van der Waals surface area contributed by atoms with E-state index in [0.29, 0.717) is 24.5 Å². The Bertz CT molecular complexity index is 667. The van der Waals surface area contributed by atoms with Gasteiger partial charge in [0, 0.05) is 18.6 Å². The zero-order valence-electron chi connectivity index (χ0n) is 14.7. The van der Waals surface area contributed by atoms with Gasteiger partial charge >= 0.3 is 5.97 Å². The third-order valence-electron chi connectivity index (χ3n) is 3.58. The van der Waals surface area contributed by atoms with E-state index in [9.17, 15) is 4.79 Å². The van der Waals surface area contributed by atoms with Crippen LogP contribution in [0.4, 0.5) is 0 Å². The molecule has 0 bridgehead atoms. The topological polar surface area (TPSA) is 88.1 Å². The molecule has 0 saturated heterocycles. The molecule has 1 unspecified atom stereocenters. The smallest absolute Gasteiger partial charge is 0.340 e. The van der Waals surface area contributed by atoms with Crippen LogP contribution in [0.15, 0.2) is 10.1 Å². The Balaban J connectivity index is 2.18. The van der Waals surface area contributed by atoms with Gasteiger partial charge in [-0.25, -0.2) is 4.79 Å². The number of aliphatic imine (C=N–C) groups is 1. The number of hydrazone groups is 1. The van der Waals surface area contributed by atoms with E-state index in [-0.39, 0.29) is 12.0 Å². The predicted molar refractivity (Wildman–Crippen MR) is 97.1 cm³/mol. The number of nitrogens with one attached hydrogen (secondary N) is 2. The second kappa shape index (κ2) is 8.34. The Hall–Kier alpha value is -1.80. The standard InChI is InChI=1S/C16H24N4O3S/c1-6-23-15(21)13-10(3)14(18-11(13)4)12-8-24-16(20-19-12)17-9(2)7-22-5/h9,18H,6-8H2,1-5H3,(H,17,20). The van der Waals surface area contributed by atoms with Gasteiger partial charge in [0.25, 0.3) is 0 Å². The molecule has 0 radical (unpaired) electrons. The minimum absolute atomic E-state index is 0.0756. The zero-order valence-corrected chi connectivity index (χ0v) is 15.5. The summed E-state index contributed by atoms with van der Waals surface area (Å²) in [6.07, 6.45) is 0. The van der Waals surface area contributed by atoms with Crippen LogP contribution in [0.1, 0.15) is 41.2 Å². The largest absolute Gasteiger partial charge is 0.462 e. The van der Waals surface area contributed by atoms with Gasteiger partial charge in [0.05, 0.1) is 36.2 Å². The van der Waals surface area contributed by atoms with Crippen molar-refractivity contribution >= 4 is 28.6 Å². The summed E-state index contributed by atoms with van der Waals surface area (Å²) in [5, 5.41) is 5.18. The minimum atomic E-state index is -0.303. The molecular formula is C16H24N4O3S. The Morgan fingerprint density at radius 3 is 2.79 bits per heavy atom. The van der Waals surface area contributed by atoms with Crippen molar-refractivity contribution in [2.24, 2.45) is 10.1 Å². The normalized spacial score (nSPS) is 17.4. The summed E-state index contributed by atoms with van der Waals surface area (Å²) < 4.78 is 10.2. The van der Waals surface area contributed by atoms with E-state index < -0.39 is 0 Å². The maximum Gasteiger partial charge on any atom is 0.340 e. The van der Waals surface area contributed by atoms with Crippen LogP contribution in [-0.4, -0.2) is 54.0 Å². The van der Waals surface area contributed by atoms with Crippen LogP contribution >= 0.6 is 11.8 Å². The van der Waals surface area contributed by atoms with Gasteiger partial charge < -0.3 is 14.5 Å². The number of nitrogens with zero attached hydrogens (tertiary/aromatic N) is 2. The number of aryl methyl sites for hydroxylation is 1. The average molecular weight is 352 g/mol. The molecule has 1 aromatic rings. The van der Waals surface area contributed by atoms with Crippen LogP contribution in [0, 0.1) is 13.8 Å². The lowest BCUT2D eigenvalue weighted by Gasteiger charge is -2.16. The van der Waals surface area contributed by atoms with Crippen LogP contribution < -0.4 is 5.43 Å². The van der Waals surface area contributed by atoms with Crippen molar-refractivity contribution in [3.8, 4) is 0 Å². The number of ether oxygens (including phenoxy) is 2. The maximum absolute atomic E-state index is 12.1. The van der Waals surface area contributed by atoms with Gasteiger partial charge in [0.1, 0.15) is 0 Å². The van der Waals surface area contributed by atoms with Gasteiger partial charge in [-0.2, -0.15) is 5.10 Å². The highest BCUT2D eigenvalue weighted by atomic mass is 32.2. The maximum atomic E-state index is 12.1. The number of hydrogen-bond donors (Lipinski definition) is 2. The first-order valence-electron chi connectivity index (χ1n) is 7.86. The quantitative estimate of drug-likeness (QED) is 0.767. The molecule has 2 rings (SSSR count). The number of rotatable bonds is 6. The summed E-state index contributed by atoms with van der Waals surface area (Å²) in [6, 6.07) is 0.0756. The molecule has 7 nitrogen and oxygen atoms in total. The number of thioether (sulfide) groups is 1. The van der Waals surface area contributed by atoms with Gasteiger partial charge in [0.15, 0.2) is 5.17 Å². The molecule has 1 aromatic heterocycles. The Labute approximate surface area is 146 Å². The number of hydrogen-bond acceptors (Lipinski definition) is 6. The molecular weight excluding hydrogens is 328 g/mol. The predicted octanol–water partition coefficient (Wildman–Crippen LogP) is 2.24. The van der Waals surface area contributed by atoms with Gasteiger partial charge in [-0.05, 0) is 33.3 Å². The number of carbonyl (C=O) groups is 1. The summed E-state index contributed by atoms with van der Waals surface area (Å²) in [4.78, 5) is 19.8. The first-order valence-corrected chi connectivity index (χ1v) is 8.85. The molecule has 1 aliphatic rings. The van der Waals surface area contributed by atoms with E-state index in [0.717, 1.165) is 27.8 Å². The molecule has 132 valence electrons. The van der Waals surface area contributed by atoms with Crippen molar-refractivity contribution in [1.82, 2.24) is 10.4 Å². The highest BCUT2D eigenvalue weighted by Crippen LogP contribution is 2.22. The van der Waals surface area contributed by atoms with Crippen LogP contribution in [-0.2, 0) is 9.47 Å². The second-order valence-corrected chi connectivity index (χ2v) is 6.51. The fourth-order valence-electron chi connectivity index (χ4n) is 2.54.